The number of pyridine rings is 1. The molecule has 0 spiro atoms. The minimum Gasteiger partial charge on any atom is -0.332 e. The highest BCUT2D eigenvalue weighted by atomic mass is 16.5. The van der Waals surface area contributed by atoms with Crippen molar-refractivity contribution >= 4 is 0 Å². The van der Waals surface area contributed by atoms with Gasteiger partial charge in [-0.15, -0.1) is 0 Å². The highest BCUT2D eigenvalue weighted by Crippen LogP contribution is 2.15. The van der Waals surface area contributed by atoms with E-state index in [1.807, 2.05) is 12.1 Å². The maximum Gasteiger partial charge on any atom is 0.276 e. The molecule has 2 rings (SSSR count). The van der Waals surface area contributed by atoms with Gasteiger partial charge in [0.05, 0.1) is 6.04 Å². The Labute approximate surface area is 81.0 Å². The molecule has 1 atom stereocenters. The lowest BCUT2D eigenvalue weighted by atomic mass is 10.3. The van der Waals surface area contributed by atoms with Crippen LogP contribution in [-0.4, -0.2) is 15.1 Å². The van der Waals surface area contributed by atoms with Crippen LogP contribution < -0.4 is 5.73 Å². The van der Waals surface area contributed by atoms with Gasteiger partial charge in [0, 0.05) is 6.20 Å². The lowest BCUT2D eigenvalue weighted by Crippen LogP contribution is -2.06. The molecule has 1 unspecified atom stereocenters. The summed E-state index contributed by atoms with van der Waals surface area (Å²) in [7, 11) is 0. The maximum absolute atomic E-state index is 5.60. The minimum absolute atomic E-state index is 0.226. The number of nitrogens with two attached hydrogens (primary N) is 1. The molecule has 0 aliphatic carbocycles. The lowest BCUT2D eigenvalue weighted by molar-refractivity contribution is 0.417. The molecule has 0 aliphatic rings. The van der Waals surface area contributed by atoms with Crippen LogP contribution in [0.25, 0.3) is 11.6 Å². The second-order valence-electron chi connectivity index (χ2n) is 2.96. The first-order valence-corrected chi connectivity index (χ1v) is 4.28. The third kappa shape index (κ3) is 1.62. The largest absolute Gasteiger partial charge is 0.332 e. The molecule has 0 amide bonds. The molecule has 14 heavy (non-hydrogen) atoms. The summed E-state index contributed by atoms with van der Waals surface area (Å²) in [5.74, 6) is 0.892. The van der Waals surface area contributed by atoms with Gasteiger partial charge in [-0.1, -0.05) is 11.2 Å². The van der Waals surface area contributed by atoms with Gasteiger partial charge in [-0.25, -0.2) is 0 Å². The van der Waals surface area contributed by atoms with Crippen molar-refractivity contribution in [1.29, 1.82) is 0 Å². The molecule has 72 valence electrons. The zero-order valence-corrected chi connectivity index (χ0v) is 7.71. The van der Waals surface area contributed by atoms with Crippen molar-refractivity contribution in [3.63, 3.8) is 0 Å². The van der Waals surface area contributed by atoms with Crippen molar-refractivity contribution in [1.82, 2.24) is 15.1 Å². The molecule has 0 fully saturated rings. The summed E-state index contributed by atoms with van der Waals surface area (Å²) < 4.78 is 5.01. The molecule has 5 nitrogen and oxygen atoms in total. The van der Waals surface area contributed by atoms with E-state index in [2.05, 4.69) is 15.1 Å². The summed E-state index contributed by atoms with van der Waals surface area (Å²) >= 11 is 0. The van der Waals surface area contributed by atoms with Crippen molar-refractivity contribution in [2.24, 2.45) is 5.73 Å². The summed E-state index contributed by atoms with van der Waals surface area (Å²) in [4.78, 5) is 8.20. The molecule has 2 aromatic heterocycles. The van der Waals surface area contributed by atoms with E-state index < -0.39 is 0 Å². The van der Waals surface area contributed by atoms with Crippen LogP contribution in [0, 0.1) is 0 Å². The Morgan fingerprint density at radius 3 is 2.86 bits per heavy atom. The number of hydrogen-bond acceptors (Lipinski definition) is 5. The Kier molecular flexibility index (Phi) is 2.24. The van der Waals surface area contributed by atoms with Crippen LogP contribution in [-0.2, 0) is 0 Å². The molecule has 0 aromatic carbocycles. The molecule has 2 heterocycles. The van der Waals surface area contributed by atoms with Gasteiger partial charge >= 0.3 is 0 Å². The molecule has 0 aliphatic heterocycles. The van der Waals surface area contributed by atoms with Gasteiger partial charge in [0.25, 0.3) is 5.89 Å². The van der Waals surface area contributed by atoms with E-state index in [1.54, 1.807) is 19.2 Å². The fourth-order valence-electron chi connectivity index (χ4n) is 1.01. The van der Waals surface area contributed by atoms with Gasteiger partial charge in [0.15, 0.2) is 5.82 Å². The molecule has 0 saturated carbocycles. The second-order valence-corrected chi connectivity index (χ2v) is 2.96. The van der Waals surface area contributed by atoms with Crippen molar-refractivity contribution in [2.45, 2.75) is 13.0 Å². The van der Waals surface area contributed by atoms with Gasteiger partial charge in [0.2, 0.25) is 0 Å². The summed E-state index contributed by atoms with van der Waals surface area (Å²) in [5.41, 5.74) is 6.26. The third-order valence-corrected chi connectivity index (χ3v) is 1.73. The first kappa shape index (κ1) is 8.83. The Balaban J connectivity index is 2.34. The van der Waals surface area contributed by atoms with E-state index in [4.69, 9.17) is 10.3 Å². The van der Waals surface area contributed by atoms with Crippen LogP contribution in [0.4, 0.5) is 0 Å². The van der Waals surface area contributed by atoms with Crippen LogP contribution in [0.2, 0.25) is 0 Å². The van der Waals surface area contributed by atoms with E-state index in [-0.39, 0.29) is 6.04 Å². The van der Waals surface area contributed by atoms with E-state index in [0.29, 0.717) is 17.4 Å². The zero-order valence-electron chi connectivity index (χ0n) is 7.71. The smallest absolute Gasteiger partial charge is 0.276 e. The predicted molar refractivity (Wildman–Crippen MR) is 50.1 cm³/mol. The molecule has 0 saturated heterocycles. The molecular weight excluding hydrogens is 180 g/mol. The second kappa shape index (κ2) is 3.55. The van der Waals surface area contributed by atoms with Crippen molar-refractivity contribution < 1.29 is 4.52 Å². The van der Waals surface area contributed by atoms with Gasteiger partial charge in [-0.3, -0.25) is 4.98 Å². The molecular formula is C9H10N4O. The molecule has 0 bridgehead atoms. The average Bonchev–Trinajstić information content (AvgIpc) is 2.68. The van der Waals surface area contributed by atoms with E-state index in [9.17, 15) is 0 Å². The Morgan fingerprint density at radius 2 is 2.29 bits per heavy atom. The molecule has 5 heteroatoms. The highest BCUT2D eigenvalue weighted by molar-refractivity contribution is 5.45. The normalized spacial score (nSPS) is 12.7. The minimum atomic E-state index is -0.226. The first-order chi connectivity index (χ1) is 6.77. The average molecular weight is 190 g/mol. The van der Waals surface area contributed by atoms with Crippen molar-refractivity contribution in [3.05, 3.63) is 30.2 Å². The van der Waals surface area contributed by atoms with Crippen LogP contribution in [0.15, 0.2) is 28.9 Å². The standard InChI is InChI=1S/C9H10N4O/c1-6(10)8-12-9(14-13-8)7-4-2-3-5-11-7/h2-6H,10H2,1H3. The van der Waals surface area contributed by atoms with E-state index in [1.165, 1.54) is 0 Å². The summed E-state index contributed by atoms with van der Waals surface area (Å²) in [6.07, 6.45) is 1.67. The van der Waals surface area contributed by atoms with E-state index in [0.717, 1.165) is 0 Å². The monoisotopic (exact) mass is 190 g/mol. The van der Waals surface area contributed by atoms with Crippen LogP contribution in [0.3, 0.4) is 0 Å². The molecule has 0 radical (unpaired) electrons. The van der Waals surface area contributed by atoms with Crippen LogP contribution in [0.1, 0.15) is 18.8 Å². The van der Waals surface area contributed by atoms with Gasteiger partial charge in [0.1, 0.15) is 5.69 Å². The molecule has 2 N–H and O–H groups in total. The first-order valence-electron chi connectivity index (χ1n) is 4.28. The SMILES string of the molecule is CC(N)c1noc(-c2ccccn2)n1. The van der Waals surface area contributed by atoms with Gasteiger partial charge in [-0.2, -0.15) is 4.98 Å². The van der Waals surface area contributed by atoms with Crippen molar-refractivity contribution in [3.8, 4) is 11.6 Å². The zero-order chi connectivity index (χ0) is 9.97. The molecule has 2 aromatic rings. The lowest BCUT2D eigenvalue weighted by Gasteiger charge is -1.93. The fraction of sp³-hybridized carbons (Fsp3) is 0.222. The number of nitrogens with zero attached hydrogens (tertiary/aromatic N) is 3. The summed E-state index contributed by atoms with van der Waals surface area (Å²) in [6, 6.07) is 5.26. The highest BCUT2D eigenvalue weighted by Gasteiger charge is 2.11. The van der Waals surface area contributed by atoms with Gasteiger partial charge in [-0.05, 0) is 19.1 Å². The van der Waals surface area contributed by atoms with Crippen LogP contribution >= 0.6 is 0 Å². The van der Waals surface area contributed by atoms with E-state index >= 15 is 0 Å². The quantitative estimate of drug-likeness (QED) is 0.768. The summed E-state index contributed by atoms with van der Waals surface area (Å²) in [6.45, 7) is 1.80. The Bertz CT molecular complexity index is 410. The van der Waals surface area contributed by atoms with Gasteiger partial charge < -0.3 is 10.3 Å². The summed E-state index contributed by atoms with van der Waals surface area (Å²) in [5, 5.41) is 3.74. The van der Waals surface area contributed by atoms with Crippen molar-refractivity contribution in [2.75, 3.05) is 0 Å². The van der Waals surface area contributed by atoms with Crippen LogP contribution in [0.5, 0.6) is 0 Å². The third-order valence-electron chi connectivity index (χ3n) is 1.73. The maximum atomic E-state index is 5.60. The topological polar surface area (TPSA) is 77.8 Å². The predicted octanol–water partition coefficient (Wildman–Crippen LogP) is 1.15. The Morgan fingerprint density at radius 1 is 1.43 bits per heavy atom. The number of hydrogen-bond donors (Lipinski definition) is 1. The number of rotatable bonds is 2. The number of aromatic nitrogens is 3. The Hall–Kier alpha value is -1.75. The fourth-order valence-corrected chi connectivity index (χ4v) is 1.01.